The van der Waals surface area contributed by atoms with Gasteiger partial charge in [-0.15, -0.1) is 0 Å². The average Bonchev–Trinajstić information content (AvgIpc) is 2.43. The van der Waals surface area contributed by atoms with Gasteiger partial charge < -0.3 is 15.2 Å². The first-order chi connectivity index (χ1) is 9.60. The van der Waals surface area contributed by atoms with Crippen LogP contribution in [0.5, 0.6) is 17.5 Å². The van der Waals surface area contributed by atoms with Crippen molar-refractivity contribution in [1.29, 1.82) is 0 Å². The van der Waals surface area contributed by atoms with Gasteiger partial charge in [0.15, 0.2) is 0 Å². The fourth-order valence-corrected chi connectivity index (χ4v) is 1.80. The first kappa shape index (κ1) is 14.6. The zero-order valence-electron chi connectivity index (χ0n) is 10.9. The third-order valence-electron chi connectivity index (χ3n) is 2.41. The van der Waals surface area contributed by atoms with E-state index in [9.17, 15) is 4.39 Å². The van der Waals surface area contributed by atoms with Crippen LogP contribution in [0.4, 0.5) is 10.1 Å². The molecule has 20 heavy (non-hydrogen) atoms. The summed E-state index contributed by atoms with van der Waals surface area (Å²) >= 11 is 3.29. The third kappa shape index (κ3) is 3.60. The molecule has 2 N–H and O–H groups in total. The van der Waals surface area contributed by atoms with Gasteiger partial charge in [0.05, 0.1) is 16.8 Å². The van der Waals surface area contributed by atoms with Crippen molar-refractivity contribution in [2.24, 2.45) is 0 Å². The minimum absolute atomic E-state index is 0.289. The number of halogens is 2. The van der Waals surface area contributed by atoms with Crippen LogP contribution < -0.4 is 15.2 Å². The lowest BCUT2D eigenvalue weighted by Crippen LogP contribution is -2.02. The minimum Gasteiger partial charge on any atom is -0.476 e. The fraction of sp³-hybridized carbons (Fsp3) is 0.214. The second kappa shape index (κ2) is 6.56. The Morgan fingerprint density at radius 1 is 1.30 bits per heavy atom. The molecule has 0 unspecified atom stereocenters. The highest BCUT2D eigenvalue weighted by atomic mass is 79.9. The first-order valence-corrected chi connectivity index (χ1v) is 6.91. The highest BCUT2D eigenvalue weighted by molar-refractivity contribution is 9.10. The Morgan fingerprint density at radius 3 is 2.85 bits per heavy atom. The Labute approximate surface area is 124 Å². The molecule has 4 nitrogen and oxygen atoms in total. The molecule has 0 aliphatic heterocycles. The highest BCUT2D eigenvalue weighted by Gasteiger charge is 2.09. The van der Waals surface area contributed by atoms with E-state index in [1.54, 1.807) is 18.2 Å². The largest absolute Gasteiger partial charge is 0.476 e. The molecule has 0 aliphatic carbocycles. The lowest BCUT2D eigenvalue weighted by molar-refractivity contribution is 0.302. The quantitative estimate of drug-likeness (QED) is 0.888. The highest BCUT2D eigenvalue weighted by Crippen LogP contribution is 2.31. The predicted octanol–water partition coefficient (Wildman–Crippen LogP) is 4.15. The number of rotatable bonds is 5. The number of anilines is 1. The predicted molar refractivity (Wildman–Crippen MR) is 78.6 cm³/mol. The van der Waals surface area contributed by atoms with Gasteiger partial charge >= 0.3 is 0 Å². The third-order valence-corrected chi connectivity index (χ3v) is 3.07. The van der Waals surface area contributed by atoms with E-state index in [1.807, 2.05) is 6.92 Å². The molecule has 106 valence electrons. The van der Waals surface area contributed by atoms with Gasteiger partial charge in [0.1, 0.15) is 11.6 Å². The molecule has 6 heteroatoms. The van der Waals surface area contributed by atoms with Gasteiger partial charge in [0.2, 0.25) is 11.8 Å². The number of aromatic nitrogens is 1. The summed E-state index contributed by atoms with van der Waals surface area (Å²) < 4.78 is 24.8. The Hall–Kier alpha value is -1.82. The molecule has 0 aliphatic rings. The Bertz CT molecular complexity index is 608. The first-order valence-electron chi connectivity index (χ1n) is 6.12. The Kier molecular flexibility index (Phi) is 4.79. The summed E-state index contributed by atoms with van der Waals surface area (Å²) in [5, 5.41) is 0. The number of hydrogen-bond donors (Lipinski definition) is 1. The fourth-order valence-electron chi connectivity index (χ4n) is 1.47. The van der Waals surface area contributed by atoms with Crippen LogP contribution in [0.15, 0.2) is 34.8 Å². The molecular weight excluding hydrogens is 327 g/mol. The number of hydrogen-bond acceptors (Lipinski definition) is 4. The van der Waals surface area contributed by atoms with Gasteiger partial charge in [-0.3, -0.25) is 0 Å². The van der Waals surface area contributed by atoms with Crippen LogP contribution in [0.25, 0.3) is 0 Å². The maximum Gasteiger partial charge on any atom is 0.240 e. The molecule has 0 fully saturated rings. The van der Waals surface area contributed by atoms with Crippen LogP contribution in [0.3, 0.4) is 0 Å². The molecule has 2 rings (SSSR count). The summed E-state index contributed by atoms with van der Waals surface area (Å²) in [6.07, 6.45) is 0.849. The lowest BCUT2D eigenvalue weighted by atomic mass is 10.3. The SMILES string of the molecule is CCCOc1nc(Oc2cc(F)ccc2Br)ccc1N. The zero-order valence-corrected chi connectivity index (χ0v) is 12.5. The zero-order chi connectivity index (χ0) is 14.5. The topological polar surface area (TPSA) is 57.4 Å². The van der Waals surface area contributed by atoms with Gasteiger partial charge in [-0.1, -0.05) is 6.92 Å². The van der Waals surface area contributed by atoms with Crippen molar-refractivity contribution in [2.75, 3.05) is 12.3 Å². The number of nitrogen functional groups attached to an aromatic ring is 1. The van der Waals surface area contributed by atoms with Gasteiger partial charge in [-0.25, -0.2) is 4.39 Å². The summed E-state index contributed by atoms with van der Waals surface area (Å²) in [5.74, 6) is 0.554. The molecule has 0 saturated carbocycles. The number of nitrogens with two attached hydrogens (primary N) is 1. The molecule has 0 spiro atoms. The van der Waals surface area contributed by atoms with E-state index in [-0.39, 0.29) is 11.7 Å². The van der Waals surface area contributed by atoms with Gasteiger partial charge in [0, 0.05) is 12.1 Å². The molecule has 2 aromatic rings. The van der Waals surface area contributed by atoms with Crippen molar-refractivity contribution >= 4 is 21.6 Å². The van der Waals surface area contributed by atoms with E-state index in [4.69, 9.17) is 15.2 Å². The molecule has 0 bridgehead atoms. The van der Waals surface area contributed by atoms with Crippen molar-refractivity contribution in [1.82, 2.24) is 4.98 Å². The molecule has 1 aromatic carbocycles. The normalized spacial score (nSPS) is 10.3. The smallest absolute Gasteiger partial charge is 0.240 e. The van der Waals surface area contributed by atoms with Crippen LogP contribution >= 0.6 is 15.9 Å². The number of nitrogens with zero attached hydrogens (tertiary/aromatic N) is 1. The summed E-state index contributed by atoms with van der Waals surface area (Å²) in [4.78, 5) is 4.16. The van der Waals surface area contributed by atoms with Crippen LogP contribution in [0, 0.1) is 5.82 Å². The van der Waals surface area contributed by atoms with E-state index >= 15 is 0 Å². The second-order valence-electron chi connectivity index (χ2n) is 4.07. The van der Waals surface area contributed by atoms with Gasteiger partial charge in [-0.05, 0) is 40.5 Å². The number of pyridine rings is 1. The van der Waals surface area contributed by atoms with E-state index < -0.39 is 0 Å². The Balaban J connectivity index is 2.22. The van der Waals surface area contributed by atoms with Crippen molar-refractivity contribution in [3.05, 3.63) is 40.6 Å². The molecule has 1 aromatic heterocycles. The van der Waals surface area contributed by atoms with Crippen molar-refractivity contribution in [2.45, 2.75) is 13.3 Å². The standard InChI is InChI=1S/C14H14BrFN2O2/c1-2-7-19-14-11(17)5-6-13(18-14)20-12-8-9(16)3-4-10(12)15/h3-6,8H,2,7,17H2,1H3. The van der Waals surface area contributed by atoms with Crippen LogP contribution in [0.2, 0.25) is 0 Å². The number of ether oxygens (including phenoxy) is 2. The molecule has 1 heterocycles. The molecule has 0 saturated heterocycles. The summed E-state index contributed by atoms with van der Waals surface area (Å²) in [7, 11) is 0. The van der Waals surface area contributed by atoms with Crippen molar-refractivity contribution < 1.29 is 13.9 Å². The van der Waals surface area contributed by atoms with Gasteiger partial charge in [-0.2, -0.15) is 4.98 Å². The summed E-state index contributed by atoms with van der Waals surface area (Å²) in [5.41, 5.74) is 6.20. The molecular formula is C14H14BrFN2O2. The Morgan fingerprint density at radius 2 is 2.10 bits per heavy atom. The number of benzene rings is 1. The molecule has 0 atom stereocenters. The maximum absolute atomic E-state index is 13.2. The van der Waals surface area contributed by atoms with Crippen LogP contribution in [-0.4, -0.2) is 11.6 Å². The van der Waals surface area contributed by atoms with Crippen molar-refractivity contribution in [3.8, 4) is 17.5 Å². The summed E-state index contributed by atoms with van der Waals surface area (Å²) in [6.45, 7) is 2.50. The second-order valence-corrected chi connectivity index (χ2v) is 4.92. The monoisotopic (exact) mass is 340 g/mol. The van der Waals surface area contributed by atoms with Crippen molar-refractivity contribution in [3.63, 3.8) is 0 Å². The summed E-state index contributed by atoms with van der Waals surface area (Å²) in [6, 6.07) is 7.42. The maximum atomic E-state index is 13.2. The molecule has 0 radical (unpaired) electrons. The molecule has 0 amide bonds. The van der Waals surface area contributed by atoms with Crippen LogP contribution in [0.1, 0.15) is 13.3 Å². The minimum atomic E-state index is -0.388. The average molecular weight is 341 g/mol. The van der Waals surface area contributed by atoms with E-state index in [0.29, 0.717) is 28.4 Å². The lowest BCUT2D eigenvalue weighted by Gasteiger charge is -2.10. The van der Waals surface area contributed by atoms with E-state index in [0.717, 1.165) is 6.42 Å². The van der Waals surface area contributed by atoms with E-state index in [1.165, 1.54) is 12.1 Å². The van der Waals surface area contributed by atoms with Crippen LogP contribution in [-0.2, 0) is 0 Å². The van der Waals surface area contributed by atoms with E-state index in [2.05, 4.69) is 20.9 Å². The van der Waals surface area contributed by atoms with Gasteiger partial charge in [0.25, 0.3) is 0 Å².